The predicted molar refractivity (Wildman–Crippen MR) is 124 cm³/mol. The monoisotopic (exact) mass is 441 g/mol. The van der Waals surface area contributed by atoms with Gasteiger partial charge < -0.3 is 20.3 Å². The quantitative estimate of drug-likeness (QED) is 0.606. The topological polar surface area (TPSA) is 108 Å². The number of carbonyl (C=O) groups excluding carboxylic acids is 1. The highest BCUT2D eigenvalue weighted by atomic mass is 16.6. The standard InChI is InChI=1S/C23H35N7O2/c1-23(2,3)32-22(31)25-16-8-10-17(11-9-16)30(4)21-24-13-12-19(27-21)26-20-14-18(28-29-20)15-6-5-7-15/h12-17H,5-11H2,1-4H3,(H,25,31)(H2,24,26,27,28,29). The van der Waals surface area contributed by atoms with Crippen molar-refractivity contribution in [2.24, 2.45) is 0 Å². The van der Waals surface area contributed by atoms with Crippen LogP contribution >= 0.6 is 0 Å². The largest absolute Gasteiger partial charge is 0.444 e. The summed E-state index contributed by atoms with van der Waals surface area (Å²) < 4.78 is 5.38. The molecule has 2 fully saturated rings. The summed E-state index contributed by atoms with van der Waals surface area (Å²) in [6.45, 7) is 5.63. The molecule has 0 aliphatic heterocycles. The fourth-order valence-corrected chi connectivity index (χ4v) is 4.29. The first kappa shape index (κ1) is 22.4. The van der Waals surface area contributed by atoms with Crippen molar-refractivity contribution in [3.05, 3.63) is 24.0 Å². The summed E-state index contributed by atoms with van der Waals surface area (Å²) in [5.74, 6) is 2.82. The van der Waals surface area contributed by atoms with Gasteiger partial charge in [-0.2, -0.15) is 10.1 Å². The van der Waals surface area contributed by atoms with E-state index in [1.54, 1.807) is 6.20 Å². The van der Waals surface area contributed by atoms with Crippen LogP contribution in [0.3, 0.4) is 0 Å². The molecule has 0 spiro atoms. The second kappa shape index (κ2) is 9.34. The zero-order valence-corrected chi connectivity index (χ0v) is 19.5. The molecule has 2 saturated carbocycles. The van der Waals surface area contributed by atoms with Crippen molar-refractivity contribution in [1.29, 1.82) is 0 Å². The molecule has 2 aliphatic carbocycles. The summed E-state index contributed by atoms with van der Waals surface area (Å²) in [5, 5.41) is 13.8. The Labute approximate surface area is 189 Å². The zero-order chi connectivity index (χ0) is 22.7. The van der Waals surface area contributed by atoms with Crippen LogP contribution in [-0.2, 0) is 4.74 Å². The number of H-pyrrole nitrogens is 1. The average Bonchev–Trinajstić information content (AvgIpc) is 3.13. The molecule has 0 bridgehead atoms. The lowest BCUT2D eigenvalue weighted by atomic mass is 9.83. The molecule has 0 radical (unpaired) electrons. The SMILES string of the molecule is CN(c1nccc(Nc2cc(C3CCC3)[nH]n2)n1)C1CCC(NC(=O)OC(C)(C)C)CC1. The van der Waals surface area contributed by atoms with E-state index in [4.69, 9.17) is 9.72 Å². The van der Waals surface area contributed by atoms with Gasteiger partial charge in [0.25, 0.3) is 0 Å². The molecule has 174 valence electrons. The molecule has 0 saturated heterocycles. The first-order valence-electron chi connectivity index (χ1n) is 11.6. The molecule has 0 unspecified atom stereocenters. The highest BCUT2D eigenvalue weighted by Crippen LogP contribution is 2.36. The molecule has 2 aromatic rings. The van der Waals surface area contributed by atoms with Crippen molar-refractivity contribution in [3.8, 4) is 0 Å². The maximum atomic E-state index is 12.0. The van der Waals surface area contributed by atoms with Gasteiger partial charge in [-0.05, 0) is 65.4 Å². The third-order valence-corrected chi connectivity index (χ3v) is 6.32. The molecule has 2 aromatic heterocycles. The summed E-state index contributed by atoms with van der Waals surface area (Å²) in [6, 6.07) is 4.41. The van der Waals surface area contributed by atoms with Crippen LogP contribution < -0.4 is 15.5 Å². The normalized spacial score (nSPS) is 21.5. The zero-order valence-electron chi connectivity index (χ0n) is 19.5. The minimum absolute atomic E-state index is 0.146. The number of hydrogen-bond donors (Lipinski definition) is 3. The van der Waals surface area contributed by atoms with Gasteiger partial charge in [0.1, 0.15) is 11.4 Å². The fourth-order valence-electron chi connectivity index (χ4n) is 4.29. The summed E-state index contributed by atoms with van der Waals surface area (Å²) in [6.07, 6.45) is 8.94. The molecule has 9 nitrogen and oxygen atoms in total. The maximum absolute atomic E-state index is 12.0. The Bertz CT molecular complexity index is 911. The first-order valence-corrected chi connectivity index (χ1v) is 11.6. The number of anilines is 3. The Morgan fingerprint density at radius 3 is 2.56 bits per heavy atom. The van der Waals surface area contributed by atoms with E-state index < -0.39 is 5.60 Å². The number of hydrogen-bond acceptors (Lipinski definition) is 7. The van der Waals surface area contributed by atoms with E-state index in [1.807, 2.05) is 33.9 Å². The van der Waals surface area contributed by atoms with E-state index in [0.29, 0.717) is 17.9 Å². The molecule has 4 rings (SSSR count). The van der Waals surface area contributed by atoms with Crippen LogP contribution in [0.15, 0.2) is 18.3 Å². The Hall–Kier alpha value is -2.84. The van der Waals surface area contributed by atoms with Crippen molar-refractivity contribution in [2.45, 2.75) is 89.3 Å². The summed E-state index contributed by atoms with van der Waals surface area (Å²) in [4.78, 5) is 23.3. The smallest absolute Gasteiger partial charge is 0.407 e. The Morgan fingerprint density at radius 2 is 1.91 bits per heavy atom. The second-order valence-electron chi connectivity index (χ2n) is 9.97. The molecule has 32 heavy (non-hydrogen) atoms. The number of aromatic nitrogens is 4. The van der Waals surface area contributed by atoms with E-state index in [9.17, 15) is 4.79 Å². The molecular weight excluding hydrogens is 406 g/mol. The Balaban J connectivity index is 1.29. The van der Waals surface area contributed by atoms with Crippen LogP contribution in [0.5, 0.6) is 0 Å². The van der Waals surface area contributed by atoms with E-state index in [2.05, 4.69) is 36.8 Å². The van der Waals surface area contributed by atoms with Crippen molar-refractivity contribution in [1.82, 2.24) is 25.5 Å². The molecule has 1 amide bonds. The molecule has 0 atom stereocenters. The third kappa shape index (κ3) is 5.69. The first-order chi connectivity index (χ1) is 15.3. The van der Waals surface area contributed by atoms with Crippen LogP contribution in [0.4, 0.5) is 22.4 Å². The van der Waals surface area contributed by atoms with Crippen LogP contribution in [0.2, 0.25) is 0 Å². The highest BCUT2D eigenvalue weighted by Gasteiger charge is 2.28. The minimum Gasteiger partial charge on any atom is -0.444 e. The molecule has 0 aromatic carbocycles. The van der Waals surface area contributed by atoms with Crippen LogP contribution in [0.25, 0.3) is 0 Å². The van der Waals surface area contributed by atoms with E-state index in [1.165, 1.54) is 25.0 Å². The number of amides is 1. The van der Waals surface area contributed by atoms with Crippen molar-refractivity contribution < 1.29 is 9.53 Å². The highest BCUT2D eigenvalue weighted by molar-refractivity contribution is 5.68. The van der Waals surface area contributed by atoms with Gasteiger partial charge in [-0.15, -0.1) is 0 Å². The van der Waals surface area contributed by atoms with E-state index >= 15 is 0 Å². The molecule has 9 heteroatoms. The van der Waals surface area contributed by atoms with Crippen molar-refractivity contribution in [3.63, 3.8) is 0 Å². The summed E-state index contributed by atoms with van der Waals surface area (Å²) in [7, 11) is 2.04. The molecule has 3 N–H and O–H groups in total. The van der Waals surface area contributed by atoms with Gasteiger partial charge in [0.05, 0.1) is 0 Å². The number of alkyl carbamates (subject to hydrolysis) is 1. The second-order valence-corrected chi connectivity index (χ2v) is 9.97. The third-order valence-electron chi connectivity index (χ3n) is 6.32. The number of nitrogens with one attached hydrogen (secondary N) is 3. The lowest BCUT2D eigenvalue weighted by Gasteiger charge is -2.35. The molecular formula is C23H35N7O2. The lowest BCUT2D eigenvalue weighted by molar-refractivity contribution is 0.0491. The number of aromatic amines is 1. The maximum Gasteiger partial charge on any atom is 0.407 e. The Kier molecular flexibility index (Phi) is 6.53. The van der Waals surface area contributed by atoms with Crippen molar-refractivity contribution >= 4 is 23.7 Å². The van der Waals surface area contributed by atoms with Crippen LogP contribution in [0.1, 0.15) is 77.3 Å². The van der Waals surface area contributed by atoms with Gasteiger partial charge in [0.2, 0.25) is 5.95 Å². The number of nitrogens with zero attached hydrogens (tertiary/aromatic N) is 4. The van der Waals surface area contributed by atoms with E-state index in [0.717, 1.165) is 37.3 Å². The van der Waals surface area contributed by atoms with Crippen LogP contribution in [-0.4, -0.2) is 51.0 Å². The predicted octanol–water partition coefficient (Wildman–Crippen LogP) is 4.48. The van der Waals surface area contributed by atoms with Crippen molar-refractivity contribution in [2.75, 3.05) is 17.3 Å². The minimum atomic E-state index is -0.480. The van der Waals surface area contributed by atoms with E-state index in [-0.39, 0.29) is 12.1 Å². The summed E-state index contributed by atoms with van der Waals surface area (Å²) >= 11 is 0. The van der Waals surface area contributed by atoms with Gasteiger partial charge in [0, 0.05) is 43.0 Å². The Morgan fingerprint density at radius 1 is 1.16 bits per heavy atom. The van der Waals surface area contributed by atoms with Gasteiger partial charge in [0.15, 0.2) is 5.82 Å². The summed E-state index contributed by atoms with van der Waals surface area (Å²) in [5.41, 5.74) is 0.717. The number of ether oxygens (including phenoxy) is 1. The molecule has 2 heterocycles. The molecule has 2 aliphatic rings. The fraction of sp³-hybridized carbons (Fsp3) is 0.652. The lowest BCUT2D eigenvalue weighted by Crippen LogP contribution is -2.44. The van der Waals surface area contributed by atoms with Crippen LogP contribution in [0, 0.1) is 0 Å². The van der Waals surface area contributed by atoms with Gasteiger partial charge in [-0.1, -0.05) is 6.42 Å². The van der Waals surface area contributed by atoms with Gasteiger partial charge in [-0.3, -0.25) is 5.10 Å². The number of rotatable bonds is 6. The number of carbonyl (C=O) groups is 1. The van der Waals surface area contributed by atoms with Gasteiger partial charge >= 0.3 is 6.09 Å². The van der Waals surface area contributed by atoms with Gasteiger partial charge in [-0.25, -0.2) is 9.78 Å². The average molecular weight is 442 g/mol.